The molecule has 0 fully saturated rings. The van der Waals surface area contributed by atoms with Gasteiger partial charge in [-0.05, 0) is 31.7 Å². The number of aliphatic hydroxyl groups excluding tert-OH is 1. The lowest BCUT2D eigenvalue weighted by atomic mass is 9.95. The van der Waals surface area contributed by atoms with E-state index in [0.717, 1.165) is 12.5 Å². The third kappa shape index (κ3) is 7.24. The zero-order valence-corrected chi connectivity index (χ0v) is 11.6. The summed E-state index contributed by atoms with van der Waals surface area (Å²) in [6.45, 7) is 10.2. The van der Waals surface area contributed by atoms with Gasteiger partial charge in [-0.15, -0.1) is 0 Å². The first-order valence-corrected chi connectivity index (χ1v) is 6.99. The predicted octanol–water partition coefficient (Wildman–Crippen LogP) is 3.20. The van der Waals surface area contributed by atoms with Gasteiger partial charge in [-0.25, -0.2) is 0 Å². The molecular formula is C14H31NO. The van der Waals surface area contributed by atoms with Crippen LogP contribution in [0.1, 0.15) is 59.8 Å². The largest absolute Gasteiger partial charge is 0.396 e. The molecule has 2 nitrogen and oxygen atoms in total. The van der Waals surface area contributed by atoms with E-state index >= 15 is 0 Å². The fourth-order valence-corrected chi connectivity index (χ4v) is 1.92. The van der Waals surface area contributed by atoms with Gasteiger partial charge in [0, 0.05) is 12.6 Å². The first-order chi connectivity index (χ1) is 7.65. The third-order valence-electron chi connectivity index (χ3n) is 3.70. The summed E-state index contributed by atoms with van der Waals surface area (Å²) < 4.78 is 0. The van der Waals surface area contributed by atoms with Gasteiger partial charge < -0.3 is 10.4 Å². The normalized spacial score (nSPS) is 17.1. The molecule has 0 amide bonds. The van der Waals surface area contributed by atoms with Crippen LogP contribution in [0, 0.1) is 11.8 Å². The van der Waals surface area contributed by atoms with Crippen molar-refractivity contribution in [3.63, 3.8) is 0 Å². The molecule has 2 heteroatoms. The van der Waals surface area contributed by atoms with Gasteiger partial charge in [-0.2, -0.15) is 0 Å². The van der Waals surface area contributed by atoms with Crippen LogP contribution in [-0.2, 0) is 0 Å². The Kier molecular flexibility index (Phi) is 10.0. The summed E-state index contributed by atoms with van der Waals surface area (Å²) >= 11 is 0. The highest BCUT2D eigenvalue weighted by Gasteiger charge is 2.11. The quantitative estimate of drug-likeness (QED) is 0.603. The van der Waals surface area contributed by atoms with Crippen LogP contribution < -0.4 is 5.32 Å². The average molecular weight is 229 g/mol. The molecule has 3 atom stereocenters. The molecule has 2 N–H and O–H groups in total. The van der Waals surface area contributed by atoms with Gasteiger partial charge in [-0.3, -0.25) is 0 Å². The van der Waals surface area contributed by atoms with E-state index in [2.05, 4.69) is 33.0 Å². The van der Waals surface area contributed by atoms with Crippen molar-refractivity contribution in [2.24, 2.45) is 11.8 Å². The molecule has 0 spiro atoms. The summed E-state index contributed by atoms with van der Waals surface area (Å²) in [4.78, 5) is 0. The molecule has 0 radical (unpaired) electrons. The molecule has 0 bridgehead atoms. The molecular weight excluding hydrogens is 198 g/mol. The second-order valence-electron chi connectivity index (χ2n) is 5.11. The van der Waals surface area contributed by atoms with E-state index in [-0.39, 0.29) is 6.61 Å². The second-order valence-corrected chi connectivity index (χ2v) is 5.11. The monoisotopic (exact) mass is 229 g/mol. The SMILES string of the molecule is CCCCC(CC)CCNC(C)C(C)CO. The molecule has 0 aromatic heterocycles. The Balaban J connectivity index is 3.60. The van der Waals surface area contributed by atoms with Crippen molar-refractivity contribution in [3.8, 4) is 0 Å². The van der Waals surface area contributed by atoms with Gasteiger partial charge in [0.15, 0.2) is 0 Å². The van der Waals surface area contributed by atoms with E-state index in [1.165, 1.54) is 32.1 Å². The van der Waals surface area contributed by atoms with Crippen molar-refractivity contribution in [2.75, 3.05) is 13.2 Å². The third-order valence-corrected chi connectivity index (χ3v) is 3.70. The highest BCUT2D eigenvalue weighted by Crippen LogP contribution is 2.16. The van der Waals surface area contributed by atoms with Crippen LogP contribution in [0.15, 0.2) is 0 Å². The lowest BCUT2D eigenvalue weighted by Crippen LogP contribution is -2.35. The molecule has 0 aliphatic rings. The van der Waals surface area contributed by atoms with Gasteiger partial charge in [-0.1, -0.05) is 46.5 Å². The van der Waals surface area contributed by atoms with Gasteiger partial charge in [0.2, 0.25) is 0 Å². The summed E-state index contributed by atoms with van der Waals surface area (Å²) in [6, 6.07) is 0.425. The molecule has 16 heavy (non-hydrogen) atoms. The van der Waals surface area contributed by atoms with Crippen molar-refractivity contribution in [1.29, 1.82) is 0 Å². The zero-order chi connectivity index (χ0) is 12.4. The maximum absolute atomic E-state index is 9.04. The Morgan fingerprint density at radius 1 is 1.12 bits per heavy atom. The topological polar surface area (TPSA) is 32.3 Å². The standard InChI is InChI=1S/C14H31NO/c1-5-7-8-14(6-2)9-10-15-13(4)12(3)11-16/h12-16H,5-11H2,1-4H3. The summed E-state index contributed by atoms with van der Waals surface area (Å²) in [5, 5.41) is 12.6. The van der Waals surface area contributed by atoms with E-state index in [1.54, 1.807) is 0 Å². The van der Waals surface area contributed by atoms with E-state index in [9.17, 15) is 0 Å². The summed E-state index contributed by atoms with van der Waals surface area (Å²) in [6.07, 6.45) is 6.62. The van der Waals surface area contributed by atoms with Crippen molar-refractivity contribution in [2.45, 2.75) is 65.8 Å². The van der Waals surface area contributed by atoms with Crippen LogP contribution in [0.5, 0.6) is 0 Å². The van der Waals surface area contributed by atoms with E-state index in [0.29, 0.717) is 12.0 Å². The first-order valence-electron chi connectivity index (χ1n) is 6.99. The van der Waals surface area contributed by atoms with Crippen LogP contribution in [0.25, 0.3) is 0 Å². The number of rotatable bonds is 10. The Morgan fingerprint density at radius 3 is 2.31 bits per heavy atom. The smallest absolute Gasteiger partial charge is 0.0471 e. The van der Waals surface area contributed by atoms with E-state index in [4.69, 9.17) is 5.11 Å². The first kappa shape index (κ1) is 15.9. The number of hydrogen-bond acceptors (Lipinski definition) is 2. The molecule has 0 aliphatic heterocycles. The zero-order valence-electron chi connectivity index (χ0n) is 11.6. The Labute approximate surface area is 102 Å². The van der Waals surface area contributed by atoms with E-state index < -0.39 is 0 Å². The van der Waals surface area contributed by atoms with Gasteiger partial charge in [0.05, 0.1) is 0 Å². The lowest BCUT2D eigenvalue weighted by molar-refractivity contribution is 0.206. The number of unbranched alkanes of at least 4 members (excludes halogenated alkanes) is 1. The average Bonchev–Trinajstić information content (AvgIpc) is 2.32. The number of aliphatic hydroxyl groups is 1. The summed E-state index contributed by atoms with van der Waals surface area (Å²) in [5.74, 6) is 1.24. The minimum atomic E-state index is 0.279. The lowest BCUT2D eigenvalue weighted by Gasteiger charge is -2.21. The maximum Gasteiger partial charge on any atom is 0.0471 e. The molecule has 0 aromatic rings. The van der Waals surface area contributed by atoms with Gasteiger partial charge >= 0.3 is 0 Å². The van der Waals surface area contributed by atoms with Crippen LogP contribution >= 0.6 is 0 Å². The van der Waals surface area contributed by atoms with E-state index in [1.807, 2.05) is 0 Å². The van der Waals surface area contributed by atoms with Gasteiger partial charge in [0.25, 0.3) is 0 Å². The molecule has 0 heterocycles. The predicted molar refractivity (Wildman–Crippen MR) is 71.6 cm³/mol. The molecule has 98 valence electrons. The van der Waals surface area contributed by atoms with Crippen LogP contribution in [0.2, 0.25) is 0 Å². The molecule has 0 saturated heterocycles. The summed E-state index contributed by atoms with van der Waals surface area (Å²) in [7, 11) is 0. The molecule has 0 aromatic carbocycles. The minimum Gasteiger partial charge on any atom is -0.396 e. The summed E-state index contributed by atoms with van der Waals surface area (Å²) in [5.41, 5.74) is 0. The van der Waals surface area contributed by atoms with Crippen molar-refractivity contribution in [1.82, 2.24) is 5.32 Å². The Morgan fingerprint density at radius 2 is 1.81 bits per heavy atom. The van der Waals surface area contributed by atoms with Crippen molar-refractivity contribution >= 4 is 0 Å². The minimum absolute atomic E-state index is 0.279. The maximum atomic E-state index is 9.04. The number of hydrogen-bond donors (Lipinski definition) is 2. The van der Waals surface area contributed by atoms with Crippen molar-refractivity contribution in [3.05, 3.63) is 0 Å². The van der Waals surface area contributed by atoms with Crippen molar-refractivity contribution < 1.29 is 5.11 Å². The molecule has 3 unspecified atom stereocenters. The molecule has 0 saturated carbocycles. The van der Waals surface area contributed by atoms with Crippen LogP contribution in [-0.4, -0.2) is 24.3 Å². The second kappa shape index (κ2) is 10.1. The highest BCUT2D eigenvalue weighted by atomic mass is 16.3. The number of nitrogens with one attached hydrogen (secondary N) is 1. The Bertz CT molecular complexity index is 150. The molecule has 0 aliphatic carbocycles. The van der Waals surface area contributed by atoms with Gasteiger partial charge in [0.1, 0.15) is 0 Å². The Hall–Kier alpha value is -0.0800. The molecule has 0 rings (SSSR count). The fourth-order valence-electron chi connectivity index (χ4n) is 1.92. The highest BCUT2D eigenvalue weighted by molar-refractivity contribution is 4.68. The fraction of sp³-hybridized carbons (Fsp3) is 1.00. The van der Waals surface area contributed by atoms with Crippen LogP contribution in [0.4, 0.5) is 0 Å². The van der Waals surface area contributed by atoms with Crippen LogP contribution in [0.3, 0.4) is 0 Å².